The summed E-state index contributed by atoms with van der Waals surface area (Å²) in [7, 11) is 0. The maximum absolute atomic E-state index is 6.19. The molecule has 3 rings (SSSR count). The van der Waals surface area contributed by atoms with Crippen LogP contribution in [0.3, 0.4) is 0 Å². The van der Waals surface area contributed by atoms with Crippen molar-refractivity contribution in [1.82, 2.24) is 0 Å². The molecule has 0 amide bonds. The Labute approximate surface area is 125 Å². The summed E-state index contributed by atoms with van der Waals surface area (Å²) in [4.78, 5) is 1.32. The molecule has 20 heavy (non-hydrogen) atoms. The fourth-order valence-corrected chi connectivity index (χ4v) is 4.09. The van der Waals surface area contributed by atoms with Crippen molar-refractivity contribution in [3.05, 3.63) is 60.2 Å². The molecule has 1 aliphatic heterocycles. The molecule has 1 heterocycles. The Bertz CT molecular complexity index is 591. The zero-order valence-corrected chi connectivity index (χ0v) is 13.0. The van der Waals surface area contributed by atoms with Crippen molar-refractivity contribution in [3.8, 4) is 5.75 Å². The molecule has 0 radical (unpaired) electrons. The van der Waals surface area contributed by atoms with Crippen LogP contribution < -0.4 is 4.74 Å². The minimum absolute atomic E-state index is 0.138. The number of hydrogen-bond acceptors (Lipinski definition) is 2. The highest BCUT2D eigenvalue weighted by Crippen LogP contribution is 2.51. The molecule has 2 aromatic rings. The van der Waals surface area contributed by atoms with Crippen LogP contribution in [0.5, 0.6) is 5.75 Å². The molecule has 0 bridgehead atoms. The van der Waals surface area contributed by atoms with Gasteiger partial charge in [-0.3, -0.25) is 0 Å². The molecular formula is C18H20OS. The Kier molecular flexibility index (Phi) is 3.51. The second-order valence-corrected chi connectivity index (χ2v) is 7.10. The molecular weight excluding hydrogens is 264 g/mol. The van der Waals surface area contributed by atoms with E-state index in [0.717, 1.165) is 5.75 Å². The molecule has 2 heteroatoms. The number of hydrogen-bond donors (Lipinski definition) is 0. The summed E-state index contributed by atoms with van der Waals surface area (Å²) in [6, 6.07) is 19.1. The quantitative estimate of drug-likeness (QED) is 0.737. The molecule has 0 saturated carbocycles. The van der Waals surface area contributed by atoms with Crippen LogP contribution in [-0.4, -0.2) is 5.60 Å². The summed E-state index contributed by atoms with van der Waals surface area (Å²) in [5, 5.41) is 0.428. The summed E-state index contributed by atoms with van der Waals surface area (Å²) in [5.74, 6) is 1.48. The van der Waals surface area contributed by atoms with Crippen molar-refractivity contribution >= 4 is 11.8 Å². The average molecular weight is 284 g/mol. The van der Waals surface area contributed by atoms with Crippen molar-refractivity contribution in [2.45, 2.75) is 36.5 Å². The summed E-state index contributed by atoms with van der Waals surface area (Å²) in [6.45, 7) is 6.66. The Morgan fingerprint density at radius 3 is 2.35 bits per heavy atom. The first kappa shape index (κ1) is 13.6. The van der Waals surface area contributed by atoms with Crippen LogP contribution in [0.4, 0.5) is 0 Å². The summed E-state index contributed by atoms with van der Waals surface area (Å²) < 4.78 is 6.19. The predicted octanol–water partition coefficient (Wildman–Crippen LogP) is 5.33. The molecule has 104 valence electrons. The largest absolute Gasteiger partial charge is 0.487 e. The van der Waals surface area contributed by atoms with Crippen LogP contribution in [0, 0.1) is 5.92 Å². The van der Waals surface area contributed by atoms with E-state index in [4.69, 9.17) is 4.74 Å². The highest BCUT2D eigenvalue weighted by molar-refractivity contribution is 7.99. The average Bonchev–Trinajstić information content (AvgIpc) is 2.44. The predicted molar refractivity (Wildman–Crippen MR) is 85.4 cm³/mol. The van der Waals surface area contributed by atoms with Crippen LogP contribution in [0.2, 0.25) is 0 Å². The Balaban J connectivity index is 1.99. The third-order valence-electron chi connectivity index (χ3n) is 4.16. The van der Waals surface area contributed by atoms with E-state index >= 15 is 0 Å². The molecule has 0 fully saturated rings. The lowest BCUT2D eigenvalue weighted by atomic mass is 9.83. The Morgan fingerprint density at radius 2 is 1.60 bits per heavy atom. The van der Waals surface area contributed by atoms with E-state index in [-0.39, 0.29) is 5.60 Å². The van der Waals surface area contributed by atoms with E-state index in [9.17, 15) is 0 Å². The minimum Gasteiger partial charge on any atom is -0.487 e. The van der Waals surface area contributed by atoms with Gasteiger partial charge in [-0.1, -0.05) is 43.3 Å². The highest BCUT2D eigenvalue weighted by atomic mass is 32.2. The summed E-state index contributed by atoms with van der Waals surface area (Å²) >= 11 is 1.94. The van der Waals surface area contributed by atoms with Gasteiger partial charge in [-0.15, -0.1) is 11.8 Å². The third-order valence-corrected chi connectivity index (χ3v) is 5.62. The molecule has 0 aliphatic carbocycles. The van der Waals surface area contributed by atoms with E-state index in [1.54, 1.807) is 0 Å². The third kappa shape index (κ3) is 2.45. The van der Waals surface area contributed by atoms with Gasteiger partial charge < -0.3 is 4.74 Å². The van der Waals surface area contributed by atoms with Gasteiger partial charge in [0.2, 0.25) is 0 Å². The fourth-order valence-electron chi connectivity index (χ4n) is 2.63. The van der Waals surface area contributed by atoms with Gasteiger partial charge in [-0.05, 0) is 32.0 Å². The van der Waals surface area contributed by atoms with Crippen LogP contribution in [0.1, 0.15) is 31.6 Å². The molecule has 0 spiro atoms. The smallest absolute Gasteiger partial charge is 0.124 e. The molecule has 2 aromatic carbocycles. The fraction of sp³-hybridized carbons (Fsp3) is 0.333. The monoisotopic (exact) mass is 284 g/mol. The van der Waals surface area contributed by atoms with Gasteiger partial charge in [0.1, 0.15) is 11.4 Å². The van der Waals surface area contributed by atoms with E-state index in [2.05, 4.69) is 75.4 Å². The Morgan fingerprint density at radius 1 is 0.950 bits per heavy atom. The maximum atomic E-state index is 6.19. The molecule has 2 atom stereocenters. The van der Waals surface area contributed by atoms with Crippen LogP contribution in [0.25, 0.3) is 0 Å². The van der Waals surface area contributed by atoms with E-state index in [1.165, 1.54) is 10.5 Å². The second kappa shape index (κ2) is 5.17. The summed E-state index contributed by atoms with van der Waals surface area (Å²) in [6.07, 6.45) is 0. The molecule has 0 aromatic heterocycles. The van der Waals surface area contributed by atoms with Gasteiger partial charge in [0.05, 0.1) is 0 Å². The maximum Gasteiger partial charge on any atom is 0.124 e. The number of para-hydroxylation sites is 1. The lowest BCUT2D eigenvalue weighted by Gasteiger charge is -2.43. The summed E-state index contributed by atoms with van der Waals surface area (Å²) in [5.41, 5.74) is 1.18. The van der Waals surface area contributed by atoms with E-state index in [1.807, 2.05) is 11.8 Å². The zero-order chi connectivity index (χ0) is 14.2. The van der Waals surface area contributed by atoms with Crippen molar-refractivity contribution in [2.75, 3.05) is 0 Å². The first-order valence-electron chi connectivity index (χ1n) is 7.07. The molecule has 0 saturated heterocycles. The number of ether oxygens (including phenoxy) is 1. The molecule has 0 N–H and O–H groups in total. The Hall–Kier alpha value is -1.41. The van der Waals surface area contributed by atoms with Gasteiger partial charge in [-0.25, -0.2) is 0 Å². The molecule has 1 aliphatic rings. The number of thioether (sulfide) groups is 1. The normalized spacial score (nSPS) is 23.8. The topological polar surface area (TPSA) is 9.23 Å². The first-order chi connectivity index (χ1) is 9.58. The van der Waals surface area contributed by atoms with Crippen molar-refractivity contribution in [3.63, 3.8) is 0 Å². The number of benzene rings is 2. The van der Waals surface area contributed by atoms with Crippen LogP contribution in [0.15, 0.2) is 59.5 Å². The number of rotatable bonds is 2. The van der Waals surface area contributed by atoms with Crippen molar-refractivity contribution < 1.29 is 4.74 Å². The standard InChI is InChI=1S/C18H20OS/c1-13-17(20-14-9-5-4-6-10-14)15-11-7-8-12-16(15)19-18(13,2)3/h4-13,17H,1-3H3/t13-,17-/m1/s1. The van der Waals surface area contributed by atoms with Gasteiger partial charge >= 0.3 is 0 Å². The highest BCUT2D eigenvalue weighted by Gasteiger charge is 2.41. The number of fused-ring (bicyclic) bond motifs is 1. The lowest BCUT2D eigenvalue weighted by molar-refractivity contribution is 0.0338. The van der Waals surface area contributed by atoms with Gasteiger partial charge in [0.25, 0.3) is 0 Å². The van der Waals surface area contributed by atoms with Crippen molar-refractivity contribution in [2.24, 2.45) is 5.92 Å². The SMILES string of the molecule is C[C@@H]1[C@@H](Sc2ccccc2)c2ccccc2OC1(C)C. The van der Waals surface area contributed by atoms with Gasteiger partial charge in [0, 0.05) is 21.6 Å². The molecule has 1 nitrogen and oxygen atoms in total. The molecule has 0 unspecified atom stereocenters. The zero-order valence-electron chi connectivity index (χ0n) is 12.2. The van der Waals surface area contributed by atoms with Crippen LogP contribution >= 0.6 is 11.8 Å². The second-order valence-electron chi connectivity index (χ2n) is 5.88. The minimum atomic E-state index is -0.138. The van der Waals surface area contributed by atoms with Gasteiger partial charge in [0.15, 0.2) is 0 Å². The van der Waals surface area contributed by atoms with Crippen molar-refractivity contribution in [1.29, 1.82) is 0 Å². The van der Waals surface area contributed by atoms with E-state index < -0.39 is 0 Å². The van der Waals surface area contributed by atoms with E-state index in [0.29, 0.717) is 11.2 Å². The lowest BCUT2D eigenvalue weighted by Crippen LogP contribution is -2.42. The first-order valence-corrected chi connectivity index (χ1v) is 7.95. The van der Waals surface area contributed by atoms with Crippen LogP contribution in [-0.2, 0) is 0 Å². The van der Waals surface area contributed by atoms with Gasteiger partial charge in [-0.2, -0.15) is 0 Å².